The molecule has 4 nitrogen and oxygen atoms in total. The average molecular weight is 420 g/mol. The molecule has 0 aliphatic heterocycles. The fourth-order valence-corrected chi connectivity index (χ4v) is 5.31. The van der Waals surface area contributed by atoms with Crippen molar-refractivity contribution in [2.24, 2.45) is 0 Å². The number of nitrogens with zero attached hydrogens (tertiary/aromatic N) is 3. The molecule has 4 rings (SSSR count). The predicted octanol–water partition coefficient (Wildman–Crippen LogP) is 5.81. The van der Waals surface area contributed by atoms with Crippen LogP contribution in [0.5, 0.6) is 0 Å². The van der Waals surface area contributed by atoms with Gasteiger partial charge in [0, 0.05) is 23.0 Å². The van der Waals surface area contributed by atoms with Gasteiger partial charge in [-0.1, -0.05) is 60.3 Å². The van der Waals surface area contributed by atoms with Gasteiger partial charge in [0.15, 0.2) is 0 Å². The summed E-state index contributed by atoms with van der Waals surface area (Å²) in [5, 5.41) is 1.59. The van der Waals surface area contributed by atoms with Gasteiger partial charge in [0.05, 0.1) is 5.25 Å². The van der Waals surface area contributed by atoms with Crippen LogP contribution in [0.3, 0.4) is 0 Å². The third-order valence-electron chi connectivity index (χ3n) is 4.64. The first-order valence-electron chi connectivity index (χ1n) is 9.36. The van der Waals surface area contributed by atoms with Gasteiger partial charge in [-0.25, -0.2) is 9.97 Å². The molecule has 1 unspecified atom stereocenters. The summed E-state index contributed by atoms with van der Waals surface area (Å²) in [5.74, 6) is 0.765. The van der Waals surface area contributed by atoms with Crippen molar-refractivity contribution in [2.45, 2.75) is 24.1 Å². The summed E-state index contributed by atoms with van der Waals surface area (Å²) in [7, 11) is 1.81. The molecule has 0 aliphatic carbocycles. The number of carbonyl (C=O) groups excluding carboxylic acids is 1. The van der Waals surface area contributed by atoms with Crippen molar-refractivity contribution < 1.29 is 4.79 Å². The molecule has 0 fully saturated rings. The van der Waals surface area contributed by atoms with Gasteiger partial charge < -0.3 is 4.90 Å². The molecule has 0 saturated heterocycles. The lowest BCUT2D eigenvalue weighted by atomic mass is 10.2. The molecule has 4 aromatic rings. The van der Waals surface area contributed by atoms with E-state index in [0.29, 0.717) is 0 Å². The highest BCUT2D eigenvalue weighted by Gasteiger charge is 2.22. The van der Waals surface area contributed by atoms with Crippen LogP contribution < -0.4 is 4.90 Å². The van der Waals surface area contributed by atoms with E-state index < -0.39 is 0 Å². The molecule has 146 valence electrons. The fourth-order valence-electron chi connectivity index (χ4n) is 3.10. The first kappa shape index (κ1) is 19.6. The summed E-state index contributed by atoms with van der Waals surface area (Å²) in [5.41, 5.74) is 2.05. The topological polar surface area (TPSA) is 46.1 Å². The van der Waals surface area contributed by atoms with Crippen molar-refractivity contribution in [3.63, 3.8) is 0 Å². The molecule has 0 spiro atoms. The summed E-state index contributed by atoms with van der Waals surface area (Å²) < 4.78 is 0. The number of rotatable bonds is 5. The lowest BCUT2D eigenvalue weighted by Crippen LogP contribution is -2.33. The Morgan fingerprint density at radius 1 is 1.03 bits per heavy atom. The van der Waals surface area contributed by atoms with Crippen molar-refractivity contribution in [1.82, 2.24) is 9.97 Å². The summed E-state index contributed by atoms with van der Waals surface area (Å²) in [6.07, 6.45) is 0. The van der Waals surface area contributed by atoms with Crippen LogP contribution in [-0.2, 0) is 4.79 Å². The van der Waals surface area contributed by atoms with Crippen LogP contribution in [0.25, 0.3) is 20.7 Å². The highest BCUT2D eigenvalue weighted by atomic mass is 32.2. The number of aromatic nitrogens is 2. The largest absolute Gasteiger partial charge is 0.315 e. The second kappa shape index (κ2) is 8.35. The maximum atomic E-state index is 13.0. The van der Waals surface area contributed by atoms with Gasteiger partial charge in [-0.2, -0.15) is 0 Å². The van der Waals surface area contributed by atoms with Gasteiger partial charge in [-0.3, -0.25) is 4.79 Å². The number of thioether (sulfide) groups is 1. The Morgan fingerprint density at radius 3 is 2.38 bits per heavy atom. The third kappa shape index (κ3) is 4.18. The molecule has 0 N–H and O–H groups in total. The highest BCUT2D eigenvalue weighted by molar-refractivity contribution is 8.00. The number of carbonyl (C=O) groups is 1. The minimum atomic E-state index is -0.266. The van der Waals surface area contributed by atoms with E-state index in [1.807, 2.05) is 69.4 Å². The smallest absolute Gasteiger partial charge is 0.239 e. The number of aryl methyl sites for hydroxylation is 1. The van der Waals surface area contributed by atoms with E-state index in [4.69, 9.17) is 0 Å². The molecule has 2 aromatic heterocycles. The highest BCUT2D eigenvalue weighted by Crippen LogP contribution is 2.38. The van der Waals surface area contributed by atoms with Crippen molar-refractivity contribution in [3.8, 4) is 10.4 Å². The Balaban J connectivity index is 1.63. The van der Waals surface area contributed by atoms with Gasteiger partial charge in [0.1, 0.15) is 15.7 Å². The first-order chi connectivity index (χ1) is 14.0. The molecule has 0 radical (unpaired) electrons. The minimum Gasteiger partial charge on any atom is -0.315 e. The summed E-state index contributed by atoms with van der Waals surface area (Å²) in [4.78, 5) is 26.0. The normalized spacial score (nSPS) is 12.1. The number of amides is 1. The van der Waals surface area contributed by atoms with Crippen molar-refractivity contribution in [3.05, 3.63) is 72.6 Å². The fraction of sp³-hybridized carbons (Fsp3) is 0.174. The molecule has 0 bridgehead atoms. The molecule has 1 amide bonds. The van der Waals surface area contributed by atoms with E-state index in [0.717, 1.165) is 37.2 Å². The quantitative estimate of drug-likeness (QED) is 0.302. The second-order valence-electron chi connectivity index (χ2n) is 6.76. The summed E-state index contributed by atoms with van der Waals surface area (Å²) in [6.45, 7) is 3.83. The lowest BCUT2D eigenvalue weighted by molar-refractivity contribution is -0.117. The Kier molecular flexibility index (Phi) is 5.65. The van der Waals surface area contributed by atoms with E-state index in [2.05, 4.69) is 28.2 Å². The van der Waals surface area contributed by atoms with Crippen molar-refractivity contribution in [2.75, 3.05) is 11.9 Å². The van der Waals surface area contributed by atoms with Crippen molar-refractivity contribution >= 4 is 44.9 Å². The Bertz CT molecular complexity index is 1140. The van der Waals surface area contributed by atoms with Crippen LogP contribution >= 0.6 is 23.1 Å². The Hall–Kier alpha value is -2.70. The van der Waals surface area contributed by atoms with Crippen LogP contribution in [0, 0.1) is 6.92 Å². The molecular formula is C23H21N3OS2. The molecule has 0 aliphatic rings. The van der Waals surface area contributed by atoms with E-state index in [9.17, 15) is 4.79 Å². The summed E-state index contributed by atoms with van der Waals surface area (Å²) >= 11 is 3.15. The van der Waals surface area contributed by atoms with Crippen molar-refractivity contribution in [1.29, 1.82) is 0 Å². The molecule has 1 atom stereocenters. The van der Waals surface area contributed by atoms with E-state index >= 15 is 0 Å². The zero-order valence-corrected chi connectivity index (χ0v) is 18.1. The maximum absolute atomic E-state index is 13.0. The predicted molar refractivity (Wildman–Crippen MR) is 123 cm³/mol. The number of anilines is 1. The molecular weight excluding hydrogens is 398 g/mol. The number of para-hydroxylation sites is 1. The lowest BCUT2D eigenvalue weighted by Gasteiger charge is -2.21. The molecule has 0 saturated carbocycles. The minimum absolute atomic E-state index is 0.0455. The number of hydrogen-bond donors (Lipinski definition) is 0. The Labute approximate surface area is 178 Å². The van der Waals surface area contributed by atoms with Crippen LogP contribution in [0.4, 0.5) is 5.69 Å². The van der Waals surface area contributed by atoms with E-state index in [1.165, 1.54) is 11.8 Å². The maximum Gasteiger partial charge on any atom is 0.239 e. The van der Waals surface area contributed by atoms with E-state index in [-0.39, 0.29) is 11.2 Å². The zero-order valence-electron chi connectivity index (χ0n) is 16.5. The Morgan fingerprint density at radius 2 is 1.69 bits per heavy atom. The molecule has 2 heterocycles. The van der Waals surface area contributed by atoms with Crippen LogP contribution in [-0.4, -0.2) is 28.2 Å². The monoisotopic (exact) mass is 419 g/mol. The van der Waals surface area contributed by atoms with Gasteiger partial charge in [0.2, 0.25) is 5.91 Å². The molecule has 2 aromatic carbocycles. The standard InChI is InChI=1S/C23H21N3OS2/c1-15(23(27)26(3)18-12-8-5-9-13-18)28-21-19-14-20(17-10-6-4-7-11-17)29-22(19)25-16(2)24-21/h4-15H,1-3H3. The summed E-state index contributed by atoms with van der Waals surface area (Å²) in [6, 6.07) is 22.1. The van der Waals surface area contributed by atoms with Crippen LogP contribution in [0.15, 0.2) is 71.8 Å². The van der Waals surface area contributed by atoms with E-state index in [1.54, 1.807) is 16.2 Å². The second-order valence-corrected chi connectivity index (χ2v) is 9.12. The van der Waals surface area contributed by atoms with Crippen LogP contribution in [0.1, 0.15) is 12.7 Å². The third-order valence-corrected chi connectivity index (χ3v) is 6.81. The molecule has 6 heteroatoms. The number of hydrogen-bond acceptors (Lipinski definition) is 5. The van der Waals surface area contributed by atoms with Gasteiger partial charge in [-0.05, 0) is 37.6 Å². The number of benzene rings is 2. The SMILES string of the molecule is Cc1nc(SC(C)C(=O)N(C)c2ccccc2)c2cc(-c3ccccc3)sc2n1. The number of fused-ring (bicyclic) bond motifs is 1. The van der Waals surface area contributed by atoms with Gasteiger partial charge >= 0.3 is 0 Å². The van der Waals surface area contributed by atoms with Gasteiger partial charge in [-0.15, -0.1) is 11.3 Å². The van der Waals surface area contributed by atoms with Crippen LogP contribution in [0.2, 0.25) is 0 Å². The average Bonchev–Trinajstić information content (AvgIpc) is 3.18. The first-order valence-corrected chi connectivity index (χ1v) is 11.1. The number of thiophene rings is 1. The molecule has 29 heavy (non-hydrogen) atoms. The van der Waals surface area contributed by atoms with Gasteiger partial charge in [0.25, 0.3) is 0 Å². The zero-order chi connectivity index (χ0) is 20.4.